The smallest absolute Gasteiger partial charge is 0.303 e. The number of hydrogen-bond acceptors (Lipinski definition) is 4. The lowest BCUT2D eigenvalue weighted by Crippen LogP contribution is -2.06. The first-order chi connectivity index (χ1) is 17.4. The van der Waals surface area contributed by atoms with Crippen molar-refractivity contribution in [2.75, 3.05) is 6.61 Å². The number of halogens is 2. The van der Waals surface area contributed by atoms with Gasteiger partial charge >= 0.3 is 5.97 Å². The summed E-state index contributed by atoms with van der Waals surface area (Å²) < 4.78 is 12.0. The molecule has 0 fully saturated rings. The van der Waals surface area contributed by atoms with Crippen molar-refractivity contribution < 1.29 is 19.1 Å². The molecule has 7 heteroatoms. The Morgan fingerprint density at radius 1 is 1.11 bits per heavy atom. The fourth-order valence-electron chi connectivity index (χ4n) is 4.91. The van der Waals surface area contributed by atoms with E-state index in [9.17, 15) is 9.90 Å². The third-order valence-electron chi connectivity index (χ3n) is 6.57. The highest BCUT2D eigenvalue weighted by atomic mass is 35.5. The van der Waals surface area contributed by atoms with E-state index in [1.54, 1.807) is 12.1 Å². The van der Waals surface area contributed by atoms with E-state index < -0.39 is 5.97 Å². The van der Waals surface area contributed by atoms with Gasteiger partial charge in [-0.15, -0.1) is 0 Å². The van der Waals surface area contributed by atoms with E-state index in [0.717, 1.165) is 57.9 Å². The van der Waals surface area contributed by atoms with Gasteiger partial charge in [-0.1, -0.05) is 47.5 Å². The topological polar surface area (TPSA) is 72.6 Å². The molecule has 1 aromatic heterocycles. The van der Waals surface area contributed by atoms with E-state index in [-0.39, 0.29) is 12.3 Å². The number of rotatable bonds is 8. The number of nitrogens with zero attached hydrogens (tertiary/aromatic N) is 1. The Morgan fingerprint density at radius 2 is 1.92 bits per heavy atom. The van der Waals surface area contributed by atoms with Crippen LogP contribution >= 0.6 is 23.2 Å². The van der Waals surface area contributed by atoms with Crippen molar-refractivity contribution in [3.63, 3.8) is 0 Å². The van der Waals surface area contributed by atoms with Crippen LogP contribution in [0.4, 0.5) is 0 Å². The first kappa shape index (κ1) is 24.4. The Hall–Kier alpha value is -3.28. The predicted molar refractivity (Wildman–Crippen MR) is 141 cm³/mol. The van der Waals surface area contributed by atoms with Crippen LogP contribution in [0.2, 0.25) is 10.0 Å². The number of hydrogen-bond donors (Lipinski definition) is 1. The molecule has 1 aliphatic rings. The number of carboxylic acid groups (broad SMARTS) is 1. The Morgan fingerprint density at radius 3 is 2.67 bits per heavy atom. The summed E-state index contributed by atoms with van der Waals surface area (Å²) in [6.07, 6.45) is 2.26. The molecule has 0 bridgehead atoms. The quantitative estimate of drug-likeness (QED) is 0.256. The zero-order chi connectivity index (χ0) is 25.2. The van der Waals surface area contributed by atoms with Crippen LogP contribution in [0.5, 0.6) is 5.75 Å². The molecule has 0 amide bonds. The summed E-state index contributed by atoms with van der Waals surface area (Å²) in [5, 5.41) is 10.5. The van der Waals surface area contributed by atoms with Gasteiger partial charge in [-0.25, -0.2) is 4.98 Å². The number of aromatic nitrogens is 1. The first-order valence-corrected chi connectivity index (χ1v) is 12.6. The minimum absolute atomic E-state index is 0.0671. The molecule has 0 spiro atoms. The van der Waals surface area contributed by atoms with Gasteiger partial charge in [0.2, 0.25) is 5.89 Å². The van der Waals surface area contributed by atoms with Gasteiger partial charge < -0.3 is 14.3 Å². The molecule has 36 heavy (non-hydrogen) atoms. The molecule has 1 heterocycles. The summed E-state index contributed by atoms with van der Waals surface area (Å²) in [7, 11) is 0. The fourth-order valence-corrected chi connectivity index (χ4v) is 5.42. The third kappa shape index (κ3) is 5.13. The third-order valence-corrected chi connectivity index (χ3v) is 7.12. The van der Waals surface area contributed by atoms with Crippen LogP contribution in [0.1, 0.15) is 41.3 Å². The summed E-state index contributed by atoms with van der Waals surface area (Å²) in [6.45, 7) is 2.33. The molecular formula is C29H25Cl2NO4. The van der Waals surface area contributed by atoms with Crippen LogP contribution < -0.4 is 4.74 Å². The number of benzene rings is 3. The fraction of sp³-hybridized carbons (Fsp3) is 0.241. The number of aliphatic carboxylic acids is 1. The number of carboxylic acids is 1. The normalized spacial score (nSPS) is 14.6. The molecule has 1 unspecified atom stereocenters. The molecule has 184 valence electrons. The van der Waals surface area contributed by atoms with E-state index in [0.29, 0.717) is 29.0 Å². The average Bonchev–Trinajstić information content (AvgIpc) is 3.42. The zero-order valence-corrected chi connectivity index (χ0v) is 21.3. The maximum atomic E-state index is 11.5. The SMILES string of the molecule is Cc1oc(-c2ccccc2)nc1CCOc1cc2c(c(-c3ccc(Cl)cc3Cl)c1)C(CC(=O)O)CC2. The number of ether oxygens (including phenoxy) is 1. The van der Waals surface area contributed by atoms with Crippen LogP contribution in [0, 0.1) is 6.92 Å². The molecule has 4 aromatic rings. The van der Waals surface area contributed by atoms with Gasteiger partial charge in [0.25, 0.3) is 0 Å². The maximum Gasteiger partial charge on any atom is 0.303 e. The van der Waals surface area contributed by atoms with E-state index >= 15 is 0 Å². The zero-order valence-electron chi connectivity index (χ0n) is 19.8. The summed E-state index contributed by atoms with van der Waals surface area (Å²) in [4.78, 5) is 16.2. The van der Waals surface area contributed by atoms with Crippen LogP contribution in [-0.4, -0.2) is 22.7 Å². The molecule has 1 atom stereocenters. The standard InChI is InChI=1S/C29H25Cl2NO4/c1-17-26(32-29(36-17)18-5-3-2-4-6-18)11-12-35-22-13-19-7-8-20(14-27(33)34)28(19)24(16-22)23-10-9-21(30)15-25(23)31/h2-6,9-10,13,15-16,20H,7-8,11-12,14H2,1H3,(H,33,34). The molecule has 1 aliphatic carbocycles. The molecule has 0 aliphatic heterocycles. The highest BCUT2D eigenvalue weighted by molar-refractivity contribution is 6.36. The molecule has 0 radical (unpaired) electrons. The second kappa shape index (κ2) is 10.4. The molecule has 0 saturated heterocycles. The monoisotopic (exact) mass is 521 g/mol. The summed E-state index contributed by atoms with van der Waals surface area (Å²) >= 11 is 12.7. The highest BCUT2D eigenvalue weighted by Gasteiger charge is 2.29. The lowest BCUT2D eigenvalue weighted by atomic mass is 9.89. The minimum atomic E-state index is -0.806. The van der Waals surface area contributed by atoms with Crippen LogP contribution in [-0.2, 0) is 17.6 Å². The van der Waals surface area contributed by atoms with E-state index in [4.69, 9.17) is 32.4 Å². The molecule has 0 saturated carbocycles. The van der Waals surface area contributed by atoms with Crippen molar-refractivity contribution in [3.05, 3.63) is 93.3 Å². The number of fused-ring (bicyclic) bond motifs is 1. The van der Waals surface area contributed by atoms with E-state index in [2.05, 4.69) is 4.98 Å². The van der Waals surface area contributed by atoms with Crippen molar-refractivity contribution in [2.45, 2.75) is 38.5 Å². The van der Waals surface area contributed by atoms with Gasteiger partial charge in [0.1, 0.15) is 11.5 Å². The second-order valence-corrected chi connectivity index (χ2v) is 9.83. The van der Waals surface area contributed by atoms with Gasteiger partial charge in [0.15, 0.2) is 0 Å². The van der Waals surface area contributed by atoms with E-state index in [1.807, 2.05) is 55.5 Å². The number of aryl methyl sites for hydroxylation is 2. The molecule has 5 nitrogen and oxygen atoms in total. The highest BCUT2D eigenvalue weighted by Crippen LogP contribution is 2.46. The lowest BCUT2D eigenvalue weighted by molar-refractivity contribution is -0.137. The molecule has 5 rings (SSSR count). The largest absolute Gasteiger partial charge is 0.493 e. The van der Waals surface area contributed by atoms with Crippen molar-refractivity contribution >= 4 is 29.2 Å². The van der Waals surface area contributed by atoms with Crippen molar-refractivity contribution in [2.24, 2.45) is 0 Å². The second-order valence-electron chi connectivity index (χ2n) is 8.99. The van der Waals surface area contributed by atoms with Crippen LogP contribution in [0.25, 0.3) is 22.6 Å². The van der Waals surface area contributed by atoms with Crippen LogP contribution in [0.15, 0.2) is 65.1 Å². The summed E-state index contributed by atoms with van der Waals surface area (Å²) in [5.41, 5.74) is 5.65. The Bertz CT molecular complexity index is 1410. The Kier molecular flexibility index (Phi) is 7.04. The van der Waals surface area contributed by atoms with Gasteiger partial charge in [-0.2, -0.15) is 0 Å². The Labute approximate surface area is 219 Å². The molecule has 1 N–H and O–H groups in total. The molecular weight excluding hydrogens is 497 g/mol. The number of oxazole rings is 1. The van der Waals surface area contributed by atoms with Gasteiger partial charge in [-0.3, -0.25) is 4.79 Å². The minimum Gasteiger partial charge on any atom is -0.493 e. The predicted octanol–water partition coefficient (Wildman–Crippen LogP) is 7.75. The van der Waals surface area contributed by atoms with Gasteiger partial charge in [0.05, 0.1) is 18.7 Å². The van der Waals surface area contributed by atoms with Crippen LogP contribution in [0.3, 0.4) is 0 Å². The summed E-state index contributed by atoms with van der Waals surface area (Å²) in [5.74, 6) is 1.22. The van der Waals surface area contributed by atoms with Crippen molar-refractivity contribution in [1.82, 2.24) is 4.98 Å². The van der Waals surface area contributed by atoms with Gasteiger partial charge in [0, 0.05) is 27.6 Å². The van der Waals surface area contributed by atoms with Crippen molar-refractivity contribution in [1.29, 1.82) is 0 Å². The number of carbonyl (C=O) groups is 1. The van der Waals surface area contributed by atoms with Crippen molar-refractivity contribution in [3.8, 4) is 28.3 Å². The first-order valence-electron chi connectivity index (χ1n) is 11.9. The maximum absolute atomic E-state index is 11.5. The molecule has 3 aromatic carbocycles. The Balaban J connectivity index is 1.40. The van der Waals surface area contributed by atoms with E-state index in [1.165, 1.54) is 0 Å². The van der Waals surface area contributed by atoms with Gasteiger partial charge in [-0.05, 0) is 78.8 Å². The summed E-state index contributed by atoms with van der Waals surface area (Å²) in [6, 6.07) is 19.2. The average molecular weight is 522 g/mol. The lowest BCUT2D eigenvalue weighted by Gasteiger charge is -2.18.